The molecule has 0 N–H and O–H groups in total. The Kier molecular flexibility index (Phi) is 3.43. The van der Waals surface area contributed by atoms with Gasteiger partial charge in [-0.2, -0.15) is 0 Å². The Morgan fingerprint density at radius 1 is 1.35 bits per heavy atom. The smallest absolute Gasteiger partial charge is 0.140 e. The molecule has 0 bridgehead atoms. The third kappa shape index (κ3) is 2.63. The van der Waals surface area contributed by atoms with Crippen LogP contribution in [0, 0.1) is 6.92 Å². The molecule has 1 aliphatic carbocycles. The van der Waals surface area contributed by atoms with Crippen LogP contribution in [0.1, 0.15) is 43.7 Å². The van der Waals surface area contributed by atoms with Gasteiger partial charge in [0.05, 0.1) is 0 Å². The molecule has 2 rings (SSSR count). The zero-order chi connectivity index (χ0) is 12.6. The molecular weight excluding hydrogens is 236 g/mol. The first kappa shape index (κ1) is 12.4. The molecule has 0 heterocycles. The highest BCUT2D eigenvalue weighted by atomic mass is 35.5. The largest absolute Gasteiger partial charge is 0.489 e. The number of hydrogen-bond acceptors (Lipinski definition) is 2. The SMILES string of the molecule is Cc1cc(Cl)c(C(C)C)cc1OC1CC(=O)C1. The lowest BCUT2D eigenvalue weighted by Crippen LogP contribution is -2.33. The van der Waals surface area contributed by atoms with Gasteiger partial charge in [-0.25, -0.2) is 0 Å². The Labute approximate surface area is 107 Å². The number of carbonyl (C=O) groups is 1. The molecule has 0 spiro atoms. The van der Waals surface area contributed by atoms with E-state index in [0.29, 0.717) is 18.8 Å². The van der Waals surface area contributed by atoms with E-state index in [1.165, 1.54) is 0 Å². The Hall–Kier alpha value is -1.02. The summed E-state index contributed by atoms with van der Waals surface area (Å²) < 4.78 is 5.82. The van der Waals surface area contributed by atoms with Gasteiger partial charge in [-0.15, -0.1) is 0 Å². The molecule has 0 radical (unpaired) electrons. The molecule has 1 fully saturated rings. The molecule has 0 aliphatic heterocycles. The third-order valence-electron chi connectivity index (χ3n) is 3.12. The summed E-state index contributed by atoms with van der Waals surface area (Å²) in [4.78, 5) is 10.9. The van der Waals surface area contributed by atoms with Gasteiger partial charge in [0.1, 0.15) is 17.6 Å². The molecule has 0 saturated heterocycles. The second kappa shape index (κ2) is 4.69. The number of hydrogen-bond donors (Lipinski definition) is 0. The first-order chi connectivity index (χ1) is 7.97. The highest BCUT2D eigenvalue weighted by molar-refractivity contribution is 6.31. The Bertz CT molecular complexity index is 444. The fraction of sp³-hybridized carbons (Fsp3) is 0.500. The number of aryl methyl sites for hydroxylation is 1. The minimum atomic E-state index is 0.0578. The summed E-state index contributed by atoms with van der Waals surface area (Å²) in [7, 11) is 0. The molecule has 0 atom stereocenters. The maximum atomic E-state index is 10.9. The number of ketones is 1. The Morgan fingerprint density at radius 2 is 2.00 bits per heavy atom. The topological polar surface area (TPSA) is 26.3 Å². The van der Waals surface area contributed by atoms with E-state index in [0.717, 1.165) is 21.9 Å². The molecule has 3 heteroatoms. The predicted octanol–water partition coefficient (Wildman–Crippen LogP) is 3.88. The van der Waals surface area contributed by atoms with E-state index in [9.17, 15) is 4.79 Å². The van der Waals surface area contributed by atoms with Gasteiger partial charge in [-0.05, 0) is 36.1 Å². The van der Waals surface area contributed by atoms with Crippen LogP contribution in [0.4, 0.5) is 0 Å². The second-order valence-corrected chi connectivity index (χ2v) is 5.39. The van der Waals surface area contributed by atoms with Crippen LogP contribution in [0.3, 0.4) is 0 Å². The monoisotopic (exact) mass is 252 g/mol. The maximum Gasteiger partial charge on any atom is 0.140 e. The van der Waals surface area contributed by atoms with Crippen molar-refractivity contribution in [3.05, 3.63) is 28.3 Å². The minimum absolute atomic E-state index is 0.0578. The Balaban J connectivity index is 2.21. The van der Waals surface area contributed by atoms with E-state index in [1.54, 1.807) is 0 Å². The highest BCUT2D eigenvalue weighted by Gasteiger charge is 2.28. The fourth-order valence-electron chi connectivity index (χ4n) is 1.95. The quantitative estimate of drug-likeness (QED) is 0.816. The number of halogens is 1. The van der Waals surface area contributed by atoms with Crippen molar-refractivity contribution in [2.75, 3.05) is 0 Å². The number of benzene rings is 1. The molecule has 0 amide bonds. The van der Waals surface area contributed by atoms with Crippen molar-refractivity contribution in [3.8, 4) is 5.75 Å². The second-order valence-electron chi connectivity index (χ2n) is 4.98. The fourth-order valence-corrected chi connectivity index (χ4v) is 2.39. The molecule has 0 unspecified atom stereocenters. The van der Waals surface area contributed by atoms with Crippen LogP contribution in [0.5, 0.6) is 5.75 Å². The van der Waals surface area contributed by atoms with Crippen LogP contribution in [0.25, 0.3) is 0 Å². The first-order valence-corrected chi connectivity index (χ1v) is 6.33. The predicted molar refractivity (Wildman–Crippen MR) is 68.9 cm³/mol. The van der Waals surface area contributed by atoms with Crippen LogP contribution in [-0.4, -0.2) is 11.9 Å². The van der Waals surface area contributed by atoms with Crippen LogP contribution in [-0.2, 0) is 4.79 Å². The average molecular weight is 253 g/mol. The summed E-state index contributed by atoms with van der Waals surface area (Å²) in [6.07, 6.45) is 1.14. The normalized spacial score (nSPS) is 16.2. The number of rotatable bonds is 3. The zero-order valence-corrected chi connectivity index (χ0v) is 11.2. The van der Waals surface area contributed by atoms with E-state index >= 15 is 0 Å². The van der Waals surface area contributed by atoms with Crippen molar-refractivity contribution < 1.29 is 9.53 Å². The average Bonchev–Trinajstić information content (AvgIpc) is 2.18. The van der Waals surface area contributed by atoms with Gasteiger partial charge in [-0.3, -0.25) is 4.79 Å². The number of Topliss-reactive ketones (excluding diaryl/α,β-unsaturated/α-hetero) is 1. The van der Waals surface area contributed by atoms with Gasteiger partial charge in [0.25, 0.3) is 0 Å². The molecule has 1 aliphatic rings. The van der Waals surface area contributed by atoms with Crippen LogP contribution < -0.4 is 4.74 Å². The van der Waals surface area contributed by atoms with Crippen molar-refractivity contribution in [2.45, 2.75) is 45.6 Å². The molecule has 2 nitrogen and oxygen atoms in total. The summed E-state index contributed by atoms with van der Waals surface area (Å²) in [6, 6.07) is 3.94. The lowest BCUT2D eigenvalue weighted by molar-refractivity contribution is -0.129. The summed E-state index contributed by atoms with van der Waals surface area (Å²) >= 11 is 6.19. The first-order valence-electron chi connectivity index (χ1n) is 5.95. The van der Waals surface area contributed by atoms with E-state index in [1.807, 2.05) is 19.1 Å². The molecule has 17 heavy (non-hydrogen) atoms. The standard InChI is InChI=1S/C14H17ClO2/c1-8(2)12-7-14(9(3)4-13(12)15)17-11-5-10(16)6-11/h4,7-8,11H,5-6H2,1-3H3. The van der Waals surface area contributed by atoms with Gasteiger partial charge in [0.2, 0.25) is 0 Å². The summed E-state index contributed by atoms with van der Waals surface area (Å²) in [5, 5.41) is 0.787. The summed E-state index contributed by atoms with van der Waals surface area (Å²) in [5.74, 6) is 1.51. The van der Waals surface area contributed by atoms with E-state index in [-0.39, 0.29) is 11.9 Å². The van der Waals surface area contributed by atoms with E-state index in [4.69, 9.17) is 16.3 Å². The Morgan fingerprint density at radius 3 is 2.53 bits per heavy atom. The zero-order valence-electron chi connectivity index (χ0n) is 10.4. The molecule has 1 aromatic carbocycles. The van der Waals surface area contributed by atoms with Gasteiger partial charge in [-0.1, -0.05) is 25.4 Å². The van der Waals surface area contributed by atoms with Crippen LogP contribution in [0.15, 0.2) is 12.1 Å². The van der Waals surface area contributed by atoms with Gasteiger partial charge < -0.3 is 4.74 Å². The maximum absolute atomic E-state index is 10.9. The molecule has 92 valence electrons. The number of ether oxygens (including phenoxy) is 1. The molecule has 1 saturated carbocycles. The van der Waals surface area contributed by atoms with Crippen molar-refractivity contribution >= 4 is 17.4 Å². The van der Waals surface area contributed by atoms with Crippen LogP contribution >= 0.6 is 11.6 Å². The van der Waals surface area contributed by atoms with Gasteiger partial charge >= 0.3 is 0 Å². The summed E-state index contributed by atoms with van der Waals surface area (Å²) in [6.45, 7) is 6.19. The lowest BCUT2D eigenvalue weighted by Gasteiger charge is -2.26. The van der Waals surface area contributed by atoms with Gasteiger partial charge in [0.15, 0.2) is 0 Å². The lowest BCUT2D eigenvalue weighted by atomic mass is 9.94. The van der Waals surface area contributed by atoms with E-state index < -0.39 is 0 Å². The van der Waals surface area contributed by atoms with Crippen LogP contribution in [0.2, 0.25) is 5.02 Å². The van der Waals surface area contributed by atoms with Crippen molar-refractivity contribution in [1.29, 1.82) is 0 Å². The van der Waals surface area contributed by atoms with Gasteiger partial charge in [0, 0.05) is 17.9 Å². The molecule has 1 aromatic rings. The third-order valence-corrected chi connectivity index (χ3v) is 3.45. The number of carbonyl (C=O) groups excluding carboxylic acids is 1. The van der Waals surface area contributed by atoms with Crippen molar-refractivity contribution in [1.82, 2.24) is 0 Å². The molecule has 0 aromatic heterocycles. The highest BCUT2D eigenvalue weighted by Crippen LogP contribution is 2.33. The van der Waals surface area contributed by atoms with Crippen molar-refractivity contribution in [3.63, 3.8) is 0 Å². The molecular formula is C14H17ClO2. The van der Waals surface area contributed by atoms with Crippen molar-refractivity contribution in [2.24, 2.45) is 0 Å². The summed E-state index contributed by atoms with van der Waals surface area (Å²) in [5.41, 5.74) is 2.12. The minimum Gasteiger partial charge on any atom is -0.489 e. The van der Waals surface area contributed by atoms with E-state index in [2.05, 4.69) is 13.8 Å².